The predicted molar refractivity (Wildman–Crippen MR) is 78.0 cm³/mol. The SMILES string of the molecule is CN1CCC(NC(C)(C)CCc2ccccc2)C1=O. The van der Waals surface area contributed by atoms with Gasteiger partial charge in [0.25, 0.3) is 0 Å². The van der Waals surface area contributed by atoms with Gasteiger partial charge in [0.05, 0.1) is 6.04 Å². The molecular weight excluding hydrogens is 236 g/mol. The first-order valence-corrected chi connectivity index (χ1v) is 7.04. The van der Waals surface area contributed by atoms with Crippen LogP contribution in [0.1, 0.15) is 32.3 Å². The maximum absolute atomic E-state index is 11.9. The molecule has 104 valence electrons. The van der Waals surface area contributed by atoms with Gasteiger partial charge in [-0.05, 0) is 38.7 Å². The first-order valence-electron chi connectivity index (χ1n) is 7.04. The van der Waals surface area contributed by atoms with Crippen LogP contribution in [0.15, 0.2) is 30.3 Å². The number of nitrogens with zero attached hydrogens (tertiary/aromatic N) is 1. The van der Waals surface area contributed by atoms with E-state index in [0.717, 1.165) is 25.8 Å². The van der Waals surface area contributed by atoms with Crippen LogP contribution in [0.25, 0.3) is 0 Å². The van der Waals surface area contributed by atoms with E-state index in [0.29, 0.717) is 0 Å². The van der Waals surface area contributed by atoms with Gasteiger partial charge >= 0.3 is 0 Å². The van der Waals surface area contributed by atoms with E-state index < -0.39 is 0 Å². The lowest BCUT2D eigenvalue weighted by Gasteiger charge is -2.29. The van der Waals surface area contributed by atoms with Gasteiger partial charge in [-0.3, -0.25) is 4.79 Å². The molecule has 1 aromatic carbocycles. The lowest BCUT2D eigenvalue weighted by molar-refractivity contribution is -0.128. The average Bonchev–Trinajstić information content (AvgIpc) is 2.69. The Labute approximate surface area is 116 Å². The van der Waals surface area contributed by atoms with Crippen LogP contribution in [0.4, 0.5) is 0 Å². The summed E-state index contributed by atoms with van der Waals surface area (Å²) >= 11 is 0. The second-order valence-electron chi connectivity index (χ2n) is 6.11. The normalized spacial score (nSPS) is 20.1. The fraction of sp³-hybridized carbons (Fsp3) is 0.562. The number of hydrogen-bond donors (Lipinski definition) is 1. The highest BCUT2D eigenvalue weighted by Gasteiger charge is 2.32. The standard InChI is InChI=1S/C16H24N2O/c1-16(2,11-9-13-7-5-4-6-8-13)17-14-10-12-18(3)15(14)19/h4-8,14,17H,9-12H2,1-3H3. The van der Waals surface area contributed by atoms with Crippen LogP contribution >= 0.6 is 0 Å². The van der Waals surface area contributed by atoms with Crippen molar-refractivity contribution in [1.82, 2.24) is 10.2 Å². The van der Waals surface area contributed by atoms with Gasteiger partial charge in [0.2, 0.25) is 5.91 Å². The molecule has 1 aliphatic rings. The number of likely N-dealkylation sites (tertiary alicyclic amines) is 1. The van der Waals surface area contributed by atoms with E-state index in [4.69, 9.17) is 0 Å². The number of carbonyl (C=O) groups excluding carboxylic acids is 1. The molecule has 1 amide bonds. The molecule has 0 bridgehead atoms. The maximum Gasteiger partial charge on any atom is 0.239 e. The molecule has 1 aromatic rings. The molecule has 1 unspecified atom stereocenters. The number of hydrogen-bond acceptors (Lipinski definition) is 2. The van der Waals surface area contributed by atoms with Gasteiger partial charge < -0.3 is 10.2 Å². The highest BCUT2D eigenvalue weighted by atomic mass is 16.2. The van der Waals surface area contributed by atoms with E-state index >= 15 is 0 Å². The van der Waals surface area contributed by atoms with Crippen molar-refractivity contribution < 1.29 is 4.79 Å². The molecule has 0 radical (unpaired) electrons. The smallest absolute Gasteiger partial charge is 0.239 e. The number of carbonyl (C=O) groups is 1. The van der Waals surface area contributed by atoms with Crippen molar-refractivity contribution >= 4 is 5.91 Å². The minimum Gasteiger partial charge on any atom is -0.344 e. The van der Waals surface area contributed by atoms with Crippen LogP contribution in [-0.2, 0) is 11.2 Å². The molecule has 1 heterocycles. The second kappa shape index (κ2) is 5.74. The third-order valence-electron chi connectivity index (χ3n) is 3.87. The molecule has 0 saturated carbocycles. The average molecular weight is 260 g/mol. The fourth-order valence-corrected chi connectivity index (χ4v) is 2.60. The fourth-order valence-electron chi connectivity index (χ4n) is 2.60. The quantitative estimate of drug-likeness (QED) is 0.880. The molecule has 1 saturated heterocycles. The van der Waals surface area contributed by atoms with Crippen molar-refractivity contribution in [2.24, 2.45) is 0 Å². The number of amides is 1. The van der Waals surface area contributed by atoms with Crippen LogP contribution in [0.5, 0.6) is 0 Å². The van der Waals surface area contributed by atoms with E-state index in [1.165, 1.54) is 5.56 Å². The minimum absolute atomic E-state index is 0.00391. The summed E-state index contributed by atoms with van der Waals surface area (Å²) in [6.45, 7) is 5.23. The number of nitrogens with one attached hydrogen (secondary N) is 1. The van der Waals surface area contributed by atoms with Crippen molar-refractivity contribution in [1.29, 1.82) is 0 Å². The van der Waals surface area contributed by atoms with Crippen molar-refractivity contribution in [3.63, 3.8) is 0 Å². The Balaban J connectivity index is 1.87. The molecule has 1 fully saturated rings. The lowest BCUT2D eigenvalue weighted by atomic mass is 9.94. The van der Waals surface area contributed by atoms with Gasteiger partial charge in [-0.25, -0.2) is 0 Å². The molecular formula is C16H24N2O. The van der Waals surface area contributed by atoms with Crippen molar-refractivity contribution in [2.75, 3.05) is 13.6 Å². The van der Waals surface area contributed by atoms with E-state index in [2.05, 4.69) is 43.4 Å². The van der Waals surface area contributed by atoms with Gasteiger partial charge in [-0.2, -0.15) is 0 Å². The van der Waals surface area contributed by atoms with Crippen LogP contribution in [0, 0.1) is 0 Å². The second-order valence-corrected chi connectivity index (χ2v) is 6.11. The van der Waals surface area contributed by atoms with Gasteiger partial charge in [0.1, 0.15) is 0 Å². The van der Waals surface area contributed by atoms with Gasteiger partial charge in [-0.1, -0.05) is 30.3 Å². The molecule has 3 heteroatoms. The molecule has 1 N–H and O–H groups in total. The number of rotatable bonds is 5. The highest BCUT2D eigenvalue weighted by Crippen LogP contribution is 2.18. The van der Waals surface area contributed by atoms with Crippen molar-refractivity contribution in [2.45, 2.75) is 44.7 Å². The highest BCUT2D eigenvalue weighted by molar-refractivity contribution is 5.83. The summed E-state index contributed by atoms with van der Waals surface area (Å²) in [5.74, 6) is 0.229. The van der Waals surface area contributed by atoms with Gasteiger partial charge in [0.15, 0.2) is 0 Å². The van der Waals surface area contributed by atoms with Crippen molar-refractivity contribution in [3.8, 4) is 0 Å². The monoisotopic (exact) mass is 260 g/mol. The zero-order chi connectivity index (χ0) is 13.9. The molecule has 0 aromatic heterocycles. The molecule has 1 atom stereocenters. The summed E-state index contributed by atoms with van der Waals surface area (Å²) in [6, 6.07) is 10.5. The van der Waals surface area contributed by atoms with Crippen LogP contribution in [0.2, 0.25) is 0 Å². The minimum atomic E-state index is -0.0126. The summed E-state index contributed by atoms with van der Waals surface area (Å²) in [4.78, 5) is 13.7. The van der Waals surface area contributed by atoms with Gasteiger partial charge in [0, 0.05) is 19.1 Å². The van der Waals surface area contributed by atoms with Crippen molar-refractivity contribution in [3.05, 3.63) is 35.9 Å². The number of aryl methyl sites for hydroxylation is 1. The van der Waals surface area contributed by atoms with E-state index in [-0.39, 0.29) is 17.5 Å². The zero-order valence-corrected chi connectivity index (χ0v) is 12.1. The molecule has 1 aliphatic heterocycles. The molecule has 3 nitrogen and oxygen atoms in total. The Morgan fingerprint density at radius 3 is 2.58 bits per heavy atom. The topological polar surface area (TPSA) is 32.3 Å². The van der Waals surface area contributed by atoms with Crippen LogP contribution in [0.3, 0.4) is 0 Å². The largest absolute Gasteiger partial charge is 0.344 e. The maximum atomic E-state index is 11.9. The zero-order valence-electron chi connectivity index (χ0n) is 12.1. The summed E-state index contributed by atoms with van der Waals surface area (Å²) in [5, 5.41) is 3.51. The lowest BCUT2D eigenvalue weighted by Crippen LogP contribution is -2.49. The number of likely N-dealkylation sites (N-methyl/N-ethyl adjacent to an activating group) is 1. The predicted octanol–water partition coefficient (Wildman–Crippen LogP) is 2.22. The summed E-state index contributed by atoms with van der Waals surface area (Å²) in [5.41, 5.74) is 1.34. The Hall–Kier alpha value is -1.35. The Kier molecular flexibility index (Phi) is 4.25. The summed E-state index contributed by atoms with van der Waals surface area (Å²) in [6.07, 6.45) is 2.99. The Bertz CT molecular complexity index is 428. The van der Waals surface area contributed by atoms with E-state index in [1.807, 2.05) is 18.0 Å². The molecule has 2 rings (SSSR count). The third kappa shape index (κ3) is 3.80. The van der Waals surface area contributed by atoms with E-state index in [1.54, 1.807) is 0 Å². The third-order valence-corrected chi connectivity index (χ3v) is 3.87. The molecule has 0 aliphatic carbocycles. The number of benzene rings is 1. The summed E-state index contributed by atoms with van der Waals surface area (Å²) in [7, 11) is 1.88. The van der Waals surface area contributed by atoms with Crippen LogP contribution < -0.4 is 5.32 Å². The molecule has 0 spiro atoms. The Morgan fingerprint density at radius 1 is 1.32 bits per heavy atom. The summed E-state index contributed by atoms with van der Waals surface area (Å²) < 4.78 is 0. The Morgan fingerprint density at radius 2 is 2.00 bits per heavy atom. The van der Waals surface area contributed by atoms with Gasteiger partial charge in [-0.15, -0.1) is 0 Å². The van der Waals surface area contributed by atoms with Crippen LogP contribution in [-0.4, -0.2) is 36.0 Å². The van der Waals surface area contributed by atoms with E-state index in [9.17, 15) is 4.79 Å². The molecule has 19 heavy (non-hydrogen) atoms. The first-order chi connectivity index (χ1) is 8.98. The first kappa shape index (κ1) is 14.1.